The number of rotatable bonds is 3. The van der Waals surface area contributed by atoms with E-state index in [1.807, 2.05) is 25.1 Å². The zero-order valence-electron chi connectivity index (χ0n) is 10.3. The molecule has 0 saturated carbocycles. The maximum absolute atomic E-state index is 11.7. The molecule has 18 heavy (non-hydrogen) atoms. The van der Waals surface area contributed by atoms with Crippen LogP contribution in [0.3, 0.4) is 0 Å². The Kier molecular flexibility index (Phi) is 3.29. The van der Waals surface area contributed by atoms with Crippen molar-refractivity contribution in [1.29, 1.82) is 0 Å². The van der Waals surface area contributed by atoms with Crippen LogP contribution in [0.5, 0.6) is 0 Å². The molecule has 0 saturated heterocycles. The number of aromatic nitrogens is 3. The van der Waals surface area contributed by atoms with Gasteiger partial charge in [0, 0.05) is 12.6 Å². The van der Waals surface area contributed by atoms with Crippen LogP contribution in [-0.2, 0) is 13.6 Å². The largest absolute Gasteiger partial charge is 0.389 e. The van der Waals surface area contributed by atoms with Crippen molar-refractivity contribution in [3.63, 3.8) is 0 Å². The van der Waals surface area contributed by atoms with Crippen molar-refractivity contribution < 1.29 is 0 Å². The lowest BCUT2D eigenvalue weighted by molar-refractivity contribution is 0.644. The Bertz CT molecular complexity index is 656. The highest BCUT2D eigenvalue weighted by atomic mass is 32.1. The maximum atomic E-state index is 11.7. The van der Waals surface area contributed by atoms with Crippen molar-refractivity contribution in [2.45, 2.75) is 13.5 Å². The smallest absolute Gasteiger partial charge is 0.345 e. The molecule has 2 N–H and O–H groups in total. The molecule has 1 aromatic carbocycles. The quantitative estimate of drug-likeness (QED) is 0.821. The lowest BCUT2D eigenvalue weighted by atomic mass is 10.1. The van der Waals surface area contributed by atoms with Gasteiger partial charge in [-0.25, -0.2) is 9.48 Å². The minimum absolute atomic E-state index is 0.132. The third-order valence-electron chi connectivity index (χ3n) is 2.83. The summed E-state index contributed by atoms with van der Waals surface area (Å²) in [6.07, 6.45) is 1.50. The molecule has 0 aliphatic rings. The minimum Gasteiger partial charge on any atom is -0.389 e. The first-order chi connectivity index (χ1) is 8.49. The van der Waals surface area contributed by atoms with Gasteiger partial charge in [-0.15, -0.1) is 0 Å². The van der Waals surface area contributed by atoms with Crippen LogP contribution in [0.1, 0.15) is 16.7 Å². The lowest BCUT2D eigenvalue weighted by Gasteiger charge is -2.07. The van der Waals surface area contributed by atoms with Crippen molar-refractivity contribution in [1.82, 2.24) is 14.3 Å². The molecule has 94 valence electrons. The Morgan fingerprint density at radius 3 is 2.72 bits per heavy atom. The van der Waals surface area contributed by atoms with Crippen LogP contribution < -0.4 is 11.4 Å². The number of hydrogen-bond acceptors (Lipinski definition) is 3. The summed E-state index contributed by atoms with van der Waals surface area (Å²) in [4.78, 5) is 12.1. The van der Waals surface area contributed by atoms with Gasteiger partial charge in [-0.3, -0.25) is 4.57 Å². The van der Waals surface area contributed by atoms with Crippen molar-refractivity contribution in [2.24, 2.45) is 12.8 Å². The summed E-state index contributed by atoms with van der Waals surface area (Å²) in [5.74, 6) is 0. The van der Waals surface area contributed by atoms with Crippen LogP contribution in [0, 0.1) is 6.92 Å². The van der Waals surface area contributed by atoms with Gasteiger partial charge in [-0.05, 0) is 24.1 Å². The monoisotopic (exact) mass is 262 g/mol. The van der Waals surface area contributed by atoms with E-state index in [9.17, 15) is 4.79 Å². The van der Waals surface area contributed by atoms with Gasteiger partial charge in [0.2, 0.25) is 0 Å². The standard InChI is InChI=1S/C12H14N4OS/c1-8-5-9(11(13)18)3-4-10(8)6-16-12(17)15(2)7-14-16/h3-5,7H,6H2,1-2H3,(H2,13,18). The fourth-order valence-corrected chi connectivity index (χ4v) is 1.84. The summed E-state index contributed by atoms with van der Waals surface area (Å²) in [7, 11) is 1.68. The van der Waals surface area contributed by atoms with Gasteiger partial charge in [0.25, 0.3) is 0 Å². The molecule has 0 amide bonds. The topological polar surface area (TPSA) is 65.8 Å². The van der Waals surface area contributed by atoms with Crippen molar-refractivity contribution in [3.8, 4) is 0 Å². The van der Waals surface area contributed by atoms with Crippen LogP contribution in [0.15, 0.2) is 29.3 Å². The van der Waals surface area contributed by atoms with Gasteiger partial charge in [0.15, 0.2) is 0 Å². The molecule has 0 atom stereocenters. The molecule has 0 spiro atoms. The molecular weight excluding hydrogens is 248 g/mol. The molecule has 0 fully saturated rings. The summed E-state index contributed by atoms with van der Waals surface area (Å²) in [5, 5.41) is 4.03. The SMILES string of the molecule is Cc1cc(C(N)=S)ccc1Cn1ncn(C)c1=O. The molecule has 5 nitrogen and oxygen atoms in total. The maximum Gasteiger partial charge on any atom is 0.345 e. The minimum atomic E-state index is -0.132. The van der Waals surface area contributed by atoms with E-state index in [4.69, 9.17) is 18.0 Å². The predicted octanol–water partition coefficient (Wildman–Crippen LogP) is 0.573. The van der Waals surface area contributed by atoms with Crippen molar-refractivity contribution in [3.05, 3.63) is 51.7 Å². The van der Waals surface area contributed by atoms with E-state index in [-0.39, 0.29) is 5.69 Å². The summed E-state index contributed by atoms with van der Waals surface area (Å²) in [6.45, 7) is 2.41. The van der Waals surface area contributed by atoms with E-state index in [0.29, 0.717) is 11.5 Å². The second-order valence-electron chi connectivity index (χ2n) is 4.19. The third-order valence-corrected chi connectivity index (χ3v) is 3.07. The first-order valence-electron chi connectivity index (χ1n) is 5.47. The highest BCUT2D eigenvalue weighted by Crippen LogP contribution is 2.11. The normalized spacial score (nSPS) is 10.6. The van der Waals surface area contributed by atoms with E-state index in [1.54, 1.807) is 7.05 Å². The Morgan fingerprint density at radius 1 is 1.50 bits per heavy atom. The second kappa shape index (κ2) is 4.73. The predicted molar refractivity (Wildman–Crippen MR) is 73.6 cm³/mol. The number of nitrogens with zero attached hydrogens (tertiary/aromatic N) is 3. The molecule has 0 aliphatic carbocycles. The average molecular weight is 262 g/mol. The highest BCUT2D eigenvalue weighted by molar-refractivity contribution is 7.80. The van der Waals surface area contributed by atoms with Crippen molar-refractivity contribution in [2.75, 3.05) is 0 Å². The average Bonchev–Trinajstić information content (AvgIpc) is 2.63. The Labute approximate surface area is 110 Å². The molecule has 1 heterocycles. The first kappa shape index (κ1) is 12.5. The molecular formula is C12H14N4OS. The molecule has 0 radical (unpaired) electrons. The summed E-state index contributed by atoms with van der Waals surface area (Å²) < 4.78 is 2.86. The zero-order valence-corrected chi connectivity index (χ0v) is 11.1. The van der Waals surface area contributed by atoms with Gasteiger partial charge < -0.3 is 5.73 Å². The summed E-state index contributed by atoms with van der Waals surface area (Å²) in [6, 6.07) is 5.70. The van der Waals surface area contributed by atoms with Gasteiger partial charge in [0.05, 0.1) is 6.54 Å². The van der Waals surface area contributed by atoms with E-state index in [0.717, 1.165) is 16.7 Å². The Balaban J connectivity index is 2.33. The fourth-order valence-electron chi connectivity index (χ4n) is 1.72. The molecule has 0 aliphatic heterocycles. The molecule has 0 bridgehead atoms. The molecule has 1 aromatic heterocycles. The zero-order chi connectivity index (χ0) is 13.3. The van der Waals surface area contributed by atoms with Gasteiger partial charge in [-0.1, -0.05) is 24.4 Å². The highest BCUT2D eigenvalue weighted by Gasteiger charge is 2.06. The molecule has 2 rings (SSSR count). The first-order valence-corrected chi connectivity index (χ1v) is 5.87. The van der Waals surface area contributed by atoms with E-state index < -0.39 is 0 Å². The van der Waals surface area contributed by atoms with E-state index in [2.05, 4.69) is 5.10 Å². The molecule has 6 heteroatoms. The number of aryl methyl sites for hydroxylation is 2. The fraction of sp³-hybridized carbons (Fsp3) is 0.250. The van der Waals surface area contributed by atoms with Gasteiger partial charge >= 0.3 is 5.69 Å². The van der Waals surface area contributed by atoms with Crippen LogP contribution in [-0.4, -0.2) is 19.3 Å². The second-order valence-corrected chi connectivity index (χ2v) is 4.63. The number of benzene rings is 1. The van der Waals surface area contributed by atoms with Gasteiger partial charge in [0.1, 0.15) is 11.3 Å². The number of nitrogens with two attached hydrogens (primary N) is 1. The number of hydrogen-bond donors (Lipinski definition) is 1. The van der Waals surface area contributed by atoms with Crippen LogP contribution in [0.25, 0.3) is 0 Å². The van der Waals surface area contributed by atoms with E-state index >= 15 is 0 Å². The van der Waals surface area contributed by atoms with Crippen LogP contribution in [0.4, 0.5) is 0 Å². The molecule has 2 aromatic rings. The lowest BCUT2D eigenvalue weighted by Crippen LogP contribution is -2.23. The Morgan fingerprint density at radius 2 is 2.22 bits per heavy atom. The Hall–Kier alpha value is -1.95. The van der Waals surface area contributed by atoms with Gasteiger partial charge in [-0.2, -0.15) is 5.10 Å². The van der Waals surface area contributed by atoms with Crippen LogP contribution in [0.2, 0.25) is 0 Å². The third kappa shape index (κ3) is 2.33. The van der Waals surface area contributed by atoms with Crippen molar-refractivity contribution >= 4 is 17.2 Å². The molecule has 0 unspecified atom stereocenters. The van der Waals surface area contributed by atoms with E-state index in [1.165, 1.54) is 15.6 Å². The number of thiocarbonyl (C=S) groups is 1. The summed E-state index contributed by atoms with van der Waals surface area (Å²) >= 11 is 4.93. The summed E-state index contributed by atoms with van der Waals surface area (Å²) in [5.41, 5.74) is 8.34. The van der Waals surface area contributed by atoms with Crippen LogP contribution >= 0.6 is 12.2 Å².